The van der Waals surface area contributed by atoms with Crippen LogP contribution in [-0.4, -0.2) is 36.6 Å². The maximum Gasteiger partial charge on any atom is 0.128 e. The maximum atomic E-state index is 4.74. The molecular formula is C16H25N3. The smallest absolute Gasteiger partial charge is 0.128 e. The molecule has 0 radical (unpaired) electrons. The van der Waals surface area contributed by atoms with Gasteiger partial charge in [-0.3, -0.25) is 4.90 Å². The zero-order valence-corrected chi connectivity index (χ0v) is 12.2. The number of hydrogen-bond acceptors (Lipinski definition) is 3. The van der Waals surface area contributed by atoms with Gasteiger partial charge in [-0.15, -0.1) is 0 Å². The molecule has 2 aliphatic rings. The molecule has 0 aromatic carbocycles. The van der Waals surface area contributed by atoms with Crippen LogP contribution in [0.2, 0.25) is 0 Å². The summed E-state index contributed by atoms with van der Waals surface area (Å²) in [4.78, 5) is 9.65. The Labute approximate surface area is 116 Å². The first-order valence-electron chi connectivity index (χ1n) is 7.67. The van der Waals surface area contributed by atoms with Crippen LogP contribution in [0.5, 0.6) is 0 Å². The summed E-state index contributed by atoms with van der Waals surface area (Å²) >= 11 is 0. The van der Waals surface area contributed by atoms with Gasteiger partial charge < -0.3 is 4.90 Å². The van der Waals surface area contributed by atoms with Crippen molar-refractivity contribution in [3.8, 4) is 0 Å². The summed E-state index contributed by atoms with van der Waals surface area (Å²) in [6.07, 6.45) is 8.73. The molecule has 3 rings (SSSR count). The summed E-state index contributed by atoms with van der Waals surface area (Å²) in [6.45, 7) is 5.82. The number of aryl methyl sites for hydroxylation is 1. The fourth-order valence-corrected chi connectivity index (χ4v) is 3.50. The molecule has 3 nitrogen and oxygen atoms in total. The van der Waals surface area contributed by atoms with Gasteiger partial charge in [-0.1, -0.05) is 0 Å². The SMILES string of the molecule is Cc1cc(N2CCCCC2)ncc1[C@@H]1CCCN1C. The zero-order chi connectivity index (χ0) is 13.2. The molecule has 2 aliphatic heterocycles. The Bertz CT molecular complexity index is 438. The normalized spacial score (nSPS) is 24.9. The van der Waals surface area contributed by atoms with E-state index in [-0.39, 0.29) is 0 Å². The highest BCUT2D eigenvalue weighted by Gasteiger charge is 2.24. The molecule has 0 bridgehead atoms. The van der Waals surface area contributed by atoms with Gasteiger partial charge in [0.2, 0.25) is 0 Å². The molecule has 19 heavy (non-hydrogen) atoms. The Balaban J connectivity index is 1.81. The summed E-state index contributed by atoms with van der Waals surface area (Å²) < 4.78 is 0. The average Bonchev–Trinajstić information content (AvgIpc) is 2.86. The van der Waals surface area contributed by atoms with E-state index in [9.17, 15) is 0 Å². The minimum absolute atomic E-state index is 0.586. The Morgan fingerprint density at radius 2 is 1.89 bits per heavy atom. The molecule has 2 fully saturated rings. The Hall–Kier alpha value is -1.09. The Kier molecular flexibility index (Phi) is 3.74. The molecule has 0 spiro atoms. The number of aromatic nitrogens is 1. The fourth-order valence-electron chi connectivity index (χ4n) is 3.50. The molecule has 0 N–H and O–H groups in total. The number of hydrogen-bond donors (Lipinski definition) is 0. The maximum absolute atomic E-state index is 4.74. The van der Waals surface area contributed by atoms with E-state index in [1.807, 2.05) is 0 Å². The molecule has 1 atom stereocenters. The summed E-state index contributed by atoms with van der Waals surface area (Å²) in [6, 6.07) is 2.88. The minimum Gasteiger partial charge on any atom is -0.357 e. The average molecular weight is 259 g/mol. The third kappa shape index (κ3) is 2.62. The van der Waals surface area contributed by atoms with Gasteiger partial charge in [0.1, 0.15) is 5.82 Å². The fraction of sp³-hybridized carbons (Fsp3) is 0.688. The molecule has 0 saturated carbocycles. The summed E-state index contributed by atoms with van der Waals surface area (Å²) in [7, 11) is 2.23. The molecule has 1 aromatic heterocycles. The van der Waals surface area contributed by atoms with Crippen LogP contribution in [0.4, 0.5) is 5.82 Å². The van der Waals surface area contributed by atoms with Crippen molar-refractivity contribution in [2.75, 3.05) is 31.6 Å². The summed E-state index contributed by atoms with van der Waals surface area (Å²) in [5.41, 5.74) is 2.84. The molecule has 0 aliphatic carbocycles. The third-order valence-corrected chi connectivity index (χ3v) is 4.70. The van der Waals surface area contributed by atoms with Gasteiger partial charge >= 0.3 is 0 Å². The highest BCUT2D eigenvalue weighted by molar-refractivity contribution is 5.44. The van der Waals surface area contributed by atoms with Crippen molar-refractivity contribution >= 4 is 5.82 Å². The van der Waals surface area contributed by atoms with Gasteiger partial charge in [0.15, 0.2) is 0 Å². The molecule has 3 heteroatoms. The van der Waals surface area contributed by atoms with Crippen molar-refractivity contribution in [2.45, 2.75) is 45.1 Å². The molecule has 104 valence electrons. The van der Waals surface area contributed by atoms with Crippen LogP contribution in [-0.2, 0) is 0 Å². The lowest BCUT2D eigenvalue weighted by atomic mass is 10.0. The highest BCUT2D eigenvalue weighted by Crippen LogP contribution is 2.33. The van der Waals surface area contributed by atoms with Crippen molar-refractivity contribution in [2.24, 2.45) is 0 Å². The van der Waals surface area contributed by atoms with E-state index in [2.05, 4.69) is 36.0 Å². The quantitative estimate of drug-likeness (QED) is 0.813. The molecule has 1 aromatic rings. The number of nitrogens with zero attached hydrogens (tertiary/aromatic N) is 3. The number of piperidine rings is 1. The second kappa shape index (κ2) is 5.49. The second-order valence-electron chi connectivity index (χ2n) is 6.09. The first-order valence-corrected chi connectivity index (χ1v) is 7.67. The van der Waals surface area contributed by atoms with E-state index in [4.69, 9.17) is 4.98 Å². The monoisotopic (exact) mass is 259 g/mol. The van der Waals surface area contributed by atoms with Crippen LogP contribution >= 0.6 is 0 Å². The largest absolute Gasteiger partial charge is 0.357 e. The first kappa shape index (κ1) is 12.9. The van der Waals surface area contributed by atoms with E-state index < -0.39 is 0 Å². The zero-order valence-electron chi connectivity index (χ0n) is 12.2. The van der Waals surface area contributed by atoms with Gasteiger partial charge in [0.25, 0.3) is 0 Å². The molecule has 3 heterocycles. The van der Waals surface area contributed by atoms with Gasteiger partial charge in [-0.05, 0) is 69.8 Å². The topological polar surface area (TPSA) is 19.4 Å². The second-order valence-corrected chi connectivity index (χ2v) is 6.09. The molecule has 0 unspecified atom stereocenters. The highest BCUT2D eigenvalue weighted by atomic mass is 15.2. The van der Waals surface area contributed by atoms with E-state index >= 15 is 0 Å². The van der Waals surface area contributed by atoms with E-state index in [0.29, 0.717) is 6.04 Å². The summed E-state index contributed by atoms with van der Waals surface area (Å²) in [5.74, 6) is 1.18. The van der Waals surface area contributed by atoms with E-state index in [1.165, 1.54) is 68.7 Å². The molecule has 2 saturated heterocycles. The van der Waals surface area contributed by atoms with Gasteiger partial charge in [-0.25, -0.2) is 4.98 Å². The van der Waals surface area contributed by atoms with Crippen LogP contribution in [0, 0.1) is 6.92 Å². The van der Waals surface area contributed by atoms with E-state index in [1.54, 1.807) is 0 Å². The standard InChI is InChI=1S/C16H25N3/c1-13-11-16(19-9-4-3-5-10-19)17-12-14(13)15-7-6-8-18(15)2/h11-12,15H,3-10H2,1-2H3/t15-/m0/s1. The lowest BCUT2D eigenvalue weighted by Gasteiger charge is -2.29. The third-order valence-electron chi connectivity index (χ3n) is 4.70. The van der Waals surface area contributed by atoms with Crippen LogP contribution in [0.15, 0.2) is 12.3 Å². The van der Waals surface area contributed by atoms with Crippen molar-refractivity contribution in [1.29, 1.82) is 0 Å². The summed E-state index contributed by atoms with van der Waals surface area (Å²) in [5, 5.41) is 0. The Morgan fingerprint density at radius 3 is 2.53 bits per heavy atom. The first-order chi connectivity index (χ1) is 9.25. The van der Waals surface area contributed by atoms with Gasteiger partial charge in [-0.2, -0.15) is 0 Å². The van der Waals surface area contributed by atoms with Crippen LogP contribution in [0.3, 0.4) is 0 Å². The number of anilines is 1. The number of likely N-dealkylation sites (tertiary alicyclic amines) is 1. The molecular weight excluding hydrogens is 234 g/mol. The van der Waals surface area contributed by atoms with Gasteiger partial charge in [0, 0.05) is 25.3 Å². The minimum atomic E-state index is 0.586. The lowest BCUT2D eigenvalue weighted by molar-refractivity contribution is 0.316. The van der Waals surface area contributed by atoms with Gasteiger partial charge in [0.05, 0.1) is 0 Å². The molecule has 0 amide bonds. The van der Waals surface area contributed by atoms with Crippen molar-refractivity contribution in [3.05, 3.63) is 23.4 Å². The van der Waals surface area contributed by atoms with Crippen molar-refractivity contribution in [3.63, 3.8) is 0 Å². The van der Waals surface area contributed by atoms with Crippen LogP contribution < -0.4 is 4.90 Å². The predicted octanol–water partition coefficient (Wildman–Crippen LogP) is 3.15. The predicted molar refractivity (Wildman–Crippen MR) is 79.6 cm³/mol. The van der Waals surface area contributed by atoms with Crippen molar-refractivity contribution < 1.29 is 0 Å². The Morgan fingerprint density at radius 1 is 1.11 bits per heavy atom. The van der Waals surface area contributed by atoms with Crippen LogP contribution in [0.25, 0.3) is 0 Å². The number of rotatable bonds is 2. The number of pyridine rings is 1. The lowest BCUT2D eigenvalue weighted by Crippen LogP contribution is -2.30. The van der Waals surface area contributed by atoms with Crippen molar-refractivity contribution in [1.82, 2.24) is 9.88 Å². The van der Waals surface area contributed by atoms with Crippen LogP contribution in [0.1, 0.15) is 49.3 Å². The van der Waals surface area contributed by atoms with E-state index in [0.717, 1.165) is 0 Å².